The van der Waals surface area contributed by atoms with E-state index in [-0.39, 0.29) is 5.38 Å². The fourth-order valence-electron chi connectivity index (χ4n) is 0.646. The number of halogens is 1. The van der Waals surface area contributed by atoms with Gasteiger partial charge in [-0.1, -0.05) is 6.92 Å². The van der Waals surface area contributed by atoms with Gasteiger partial charge < -0.3 is 0 Å². The van der Waals surface area contributed by atoms with Gasteiger partial charge in [0.1, 0.15) is 5.82 Å². The maximum atomic E-state index is 5.73. The highest BCUT2D eigenvalue weighted by Crippen LogP contribution is 2.13. The van der Waals surface area contributed by atoms with Crippen molar-refractivity contribution in [3.05, 3.63) is 11.6 Å². The number of hydrogen-bond donors (Lipinski definition) is 1. The summed E-state index contributed by atoms with van der Waals surface area (Å²) in [7, 11) is 0. The van der Waals surface area contributed by atoms with Crippen molar-refractivity contribution in [2.75, 3.05) is 0 Å². The van der Waals surface area contributed by atoms with Crippen LogP contribution >= 0.6 is 11.6 Å². The molecule has 0 fully saturated rings. The highest BCUT2D eigenvalue weighted by molar-refractivity contribution is 6.20. The van der Waals surface area contributed by atoms with Gasteiger partial charge >= 0.3 is 0 Å². The number of rotatable bonds is 2. The van der Waals surface area contributed by atoms with E-state index in [0.717, 1.165) is 12.2 Å². The minimum absolute atomic E-state index is 0.100. The van der Waals surface area contributed by atoms with Crippen LogP contribution in [0.2, 0.25) is 0 Å². The molecular weight excluding hydrogens is 150 g/mol. The molecule has 1 atom stereocenters. The predicted molar refractivity (Wildman–Crippen MR) is 40.0 cm³/mol. The average molecular weight is 160 g/mol. The Labute approximate surface area is 64.8 Å². The van der Waals surface area contributed by atoms with Gasteiger partial charge in [-0.15, -0.1) is 11.6 Å². The smallest absolute Gasteiger partial charge is 0.168 e. The molecule has 0 radical (unpaired) electrons. The highest BCUT2D eigenvalue weighted by atomic mass is 35.5. The van der Waals surface area contributed by atoms with Gasteiger partial charge in [-0.05, 0) is 6.92 Å². The molecule has 56 valence electrons. The lowest BCUT2D eigenvalue weighted by Crippen LogP contribution is -1.87. The van der Waals surface area contributed by atoms with Crippen molar-refractivity contribution in [3.63, 3.8) is 0 Å². The number of nitrogens with zero attached hydrogens (tertiary/aromatic N) is 2. The molecule has 0 saturated heterocycles. The van der Waals surface area contributed by atoms with Crippen LogP contribution in [0, 0.1) is 0 Å². The molecule has 1 aromatic heterocycles. The average Bonchev–Trinajstić information content (AvgIpc) is 2.34. The van der Waals surface area contributed by atoms with Crippen LogP contribution in [-0.4, -0.2) is 15.2 Å². The van der Waals surface area contributed by atoms with Crippen molar-refractivity contribution in [1.82, 2.24) is 15.2 Å². The summed E-state index contributed by atoms with van der Waals surface area (Å²) in [5.41, 5.74) is 0. The second kappa shape index (κ2) is 3.01. The molecule has 3 nitrogen and oxygen atoms in total. The summed E-state index contributed by atoms with van der Waals surface area (Å²) in [6.07, 6.45) is 0.872. The van der Waals surface area contributed by atoms with Gasteiger partial charge in [-0.3, -0.25) is 5.10 Å². The zero-order valence-corrected chi connectivity index (χ0v) is 6.81. The van der Waals surface area contributed by atoms with E-state index in [1.54, 1.807) is 0 Å². The second-order valence-corrected chi connectivity index (χ2v) is 2.76. The normalized spacial score (nSPS) is 13.5. The largest absolute Gasteiger partial charge is 0.263 e. The second-order valence-electron chi connectivity index (χ2n) is 2.11. The molecule has 1 aromatic rings. The Hall–Kier alpha value is -0.570. The summed E-state index contributed by atoms with van der Waals surface area (Å²) in [6.45, 7) is 3.87. The number of nitrogens with one attached hydrogen (secondary N) is 1. The summed E-state index contributed by atoms with van der Waals surface area (Å²) in [5.74, 6) is 1.57. The Morgan fingerprint density at radius 1 is 1.70 bits per heavy atom. The minimum Gasteiger partial charge on any atom is -0.263 e. The van der Waals surface area contributed by atoms with E-state index in [2.05, 4.69) is 15.2 Å². The van der Waals surface area contributed by atoms with Crippen molar-refractivity contribution in [2.24, 2.45) is 0 Å². The minimum atomic E-state index is -0.100. The molecule has 10 heavy (non-hydrogen) atoms. The maximum absolute atomic E-state index is 5.73. The highest BCUT2D eigenvalue weighted by Gasteiger charge is 2.06. The molecule has 0 aliphatic heterocycles. The molecule has 0 saturated carbocycles. The summed E-state index contributed by atoms with van der Waals surface area (Å²) in [4.78, 5) is 4.13. The Morgan fingerprint density at radius 2 is 2.40 bits per heavy atom. The van der Waals surface area contributed by atoms with Crippen LogP contribution in [0.4, 0.5) is 0 Å². The van der Waals surface area contributed by atoms with Crippen LogP contribution in [0.25, 0.3) is 0 Å². The van der Waals surface area contributed by atoms with Crippen molar-refractivity contribution in [2.45, 2.75) is 25.6 Å². The lowest BCUT2D eigenvalue weighted by atomic mass is 10.4. The topological polar surface area (TPSA) is 41.6 Å². The molecule has 4 heteroatoms. The van der Waals surface area contributed by atoms with E-state index in [1.165, 1.54) is 0 Å². The molecule has 0 aliphatic rings. The molecule has 1 N–H and O–H groups in total. The predicted octanol–water partition coefficient (Wildman–Crippen LogP) is 1.67. The van der Waals surface area contributed by atoms with Gasteiger partial charge in [0.2, 0.25) is 0 Å². The van der Waals surface area contributed by atoms with E-state index in [4.69, 9.17) is 11.6 Å². The third kappa shape index (κ3) is 1.48. The van der Waals surface area contributed by atoms with Gasteiger partial charge in [0.15, 0.2) is 5.82 Å². The fourth-order valence-corrected chi connectivity index (χ4v) is 0.744. The quantitative estimate of drug-likeness (QED) is 0.667. The van der Waals surface area contributed by atoms with Gasteiger partial charge in [0, 0.05) is 6.42 Å². The first kappa shape index (κ1) is 7.54. The van der Waals surface area contributed by atoms with Crippen LogP contribution in [0.3, 0.4) is 0 Å². The van der Waals surface area contributed by atoms with E-state index in [1.807, 2.05) is 13.8 Å². The van der Waals surface area contributed by atoms with E-state index in [0.29, 0.717) is 5.82 Å². The summed E-state index contributed by atoms with van der Waals surface area (Å²) < 4.78 is 0. The van der Waals surface area contributed by atoms with Crippen molar-refractivity contribution < 1.29 is 0 Å². The Kier molecular flexibility index (Phi) is 2.27. The SMILES string of the molecule is CCc1nc([C@@H](C)Cl)n[nH]1. The van der Waals surface area contributed by atoms with E-state index in [9.17, 15) is 0 Å². The van der Waals surface area contributed by atoms with Crippen LogP contribution in [0.15, 0.2) is 0 Å². The van der Waals surface area contributed by atoms with Crippen molar-refractivity contribution in [3.8, 4) is 0 Å². The molecule has 0 amide bonds. The molecule has 0 unspecified atom stereocenters. The monoisotopic (exact) mass is 159 g/mol. The zero-order chi connectivity index (χ0) is 7.56. The first-order valence-corrected chi connectivity index (χ1v) is 3.73. The van der Waals surface area contributed by atoms with Gasteiger partial charge in [-0.2, -0.15) is 5.10 Å². The number of aromatic amines is 1. The third-order valence-corrected chi connectivity index (χ3v) is 1.43. The fraction of sp³-hybridized carbons (Fsp3) is 0.667. The van der Waals surface area contributed by atoms with Crippen molar-refractivity contribution in [1.29, 1.82) is 0 Å². The molecule has 0 aromatic carbocycles. The lowest BCUT2D eigenvalue weighted by molar-refractivity contribution is 0.917. The molecule has 1 heterocycles. The molecule has 0 aliphatic carbocycles. The zero-order valence-electron chi connectivity index (χ0n) is 6.06. The lowest BCUT2D eigenvalue weighted by Gasteiger charge is -1.90. The summed E-state index contributed by atoms with van der Waals surface area (Å²) in [5, 5.41) is 6.61. The van der Waals surface area contributed by atoms with E-state index >= 15 is 0 Å². The number of H-pyrrole nitrogens is 1. The number of hydrogen-bond acceptors (Lipinski definition) is 2. The van der Waals surface area contributed by atoms with Crippen LogP contribution in [-0.2, 0) is 6.42 Å². The van der Waals surface area contributed by atoms with Crippen LogP contribution in [0.1, 0.15) is 30.9 Å². The molecule has 1 rings (SSSR count). The Bertz CT molecular complexity index is 207. The van der Waals surface area contributed by atoms with E-state index < -0.39 is 0 Å². The first-order valence-electron chi connectivity index (χ1n) is 3.29. The van der Waals surface area contributed by atoms with Crippen LogP contribution in [0.5, 0.6) is 0 Å². The standard InChI is InChI=1S/C6H10ClN3/c1-3-5-8-6(4(2)7)10-9-5/h4H,3H2,1-2H3,(H,8,9,10)/t4-/m1/s1. The molecule has 0 bridgehead atoms. The Balaban J connectivity index is 2.78. The van der Waals surface area contributed by atoms with Gasteiger partial charge in [-0.25, -0.2) is 4.98 Å². The van der Waals surface area contributed by atoms with Gasteiger partial charge in [0.05, 0.1) is 5.38 Å². The number of aromatic nitrogens is 3. The third-order valence-electron chi connectivity index (χ3n) is 1.24. The van der Waals surface area contributed by atoms with Gasteiger partial charge in [0.25, 0.3) is 0 Å². The summed E-state index contributed by atoms with van der Waals surface area (Å²) >= 11 is 5.73. The molecule has 0 spiro atoms. The van der Waals surface area contributed by atoms with Crippen molar-refractivity contribution >= 4 is 11.6 Å². The maximum Gasteiger partial charge on any atom is 0.168 e. The number of aryl methyl sites for hydroxylation is 1. The Morgan fingerprint density at radius 3 is 2.70 bits per heavy atom. The number of alkyl halides is 1. The van der Waals surface area contributed by atoms with Crippen LogP contribution < -0.4 is 0 Å². The first-order chi connectivity index (χ1) is 4.74. The molecular formula is C6H10ClN3. The summed E-state index contributed by atoms with van der Waals surface area (Å²) in [6, 6.07) is 0.